The van der Waals surface area contributed by atoms with E-state index < -0.39 is 0 Å². The molecule has 1 unspecified atom stereocenters. The van der Waals surface area contributed by atoms with Gasteiger partial charge >= 0.3 is 0 Å². The van der Waals surface area contributed by atoms with Crippen LogP contribution >= 0.6 is 24.0 Å². The number of hydrogen-bond donors (Lipinski definition) is 2. The molecule has 26 heavy (non-hydrogen) atoms. The molecule has 3 rings (SSSR count). The smallest absolute Gasteiger partial charge is 0.222 e. The Kier molecular flexibility index (Phi) is 8.64. The monoisotopic (exact) mass is 472 g/mol. The Bertz CT molecular complexity index is 617. The fourth-order valence-electron chi connectivity index (χ4n) is 3.37. The van der Waals surface area contributed by atoms with Gasteiger partial charge in [-0.1, -0.05) is 24.3 Å². The van der Waals surface area contributed by atoms with Crippen LogP contribution in [0.15, 0.2) is 29.3 Å². The van der Waals surface area contributed by atoms with E-state index in [1.807, 2.05) is 11.0 Å². The van der Waals surface area contributed by atoms with Crippen molar-refractivity contribution in [1.29, 1.82) is 0 Å². The van der Waals surface area contributed by atoms with Gasteiger partial charge in [0.2, 0.25) is 5.91 Å². The Balaban J connectivity index is 0.00000243. The van der Waals surface area contributed by atoms with Crippen molar-refractivity contribution in [3.63, 3.8) is 0 Å². The summed E-state index contributed by atoms with van der Waals surface area (Å²) in [6.07, 6.45) is 4.62. The molecule has 7 heteroatoms. The van der Waals surface area contributed by atoms with Gasteiger partial charge in [-0.3, -0.25) is 9.79 Å². The lowest BCUT2D eigenvalue weighted by atomic mass is 9.99. The average Bonchev–Trinajstić information content (AvgIpc) is 3.16. The zero-order chi connectivity index (χ0) is 17.5. The van der Waals surface area contributed by atoms with Crippen LogP contribution < -0.4 is 11.1 Å². The number of halogens is 1. The van der Waals surface area contributed by atoms with Gasteiger partial charge in [-0.05, 0) is 36.8 Å². The number of hydrogen-bond acceptors (Lipinski definition) is 3. The van der Waals surface area contributed by atoms with Crippen molar-refractivity contribution in [3.8, 4) is 0 Å². The van der Waals surface area contributed by atoms with Crippen molar-refractivity contribution in [1.82, 2.24) is 10.2 Å². The van der Waals surface area contributed by atoms with E-state index in [1.165, 1.54) is 11.1 Å². The second-order valence-corrected chi connectivity index (χ2v) is 6.73. The summed E-state index contributed by atoms with van der Waals surface area (Å²) in [6.45, 7) is 3.65. The van der Waals surface area contributed by atoms with E-state index in [-0.39, 0.29) is 36.0 Å². The average molecular weight is 472 g/mol. The summed E-state index contributed by atoms with van der Waals surface area (Å²) in [5, 5.41) is 3.08. The van der Waals surface area contributed by atoms with E-state index in [0.29, 0.717) is 25.5 Å². The molecule has 1 amide bonds. The maximum atomic E-state index is 12.4. The number of benzene rings is 1. The summed E-state index contributed by atoms with van der Waals surface area (Å²) < 4.78 is 5.51. The lowest BCUT2D eigenvalue weighted by molar-refractivity contribution is -0.132. The van der Waals surface area contributed by atoms with E-state index in [9.17, 15) is 4.79 Å². The first kappa shape index (κ1) is 21.0. The molecule has 0 aliphatic carbocycles. The highest BCUT2D eigenvalue weighted by Crippen LogP contribution is 2.19. The number of nitrogens with one attached hydrogen (secondary N) is 1. The van der Waals surface area contributed by atoms with E-state index in [1.54, 1.807) is 0 Å². The fraction of sp³-hybridized carbons (Fsp3) is 0.579. The Morgan fingerprint density at radius 3 is 2.92 bits per heavy atom. The predicted octanol–water partition coefficient (Wildman–Crippen LogP) is 2.05. The van der Waals surface area contributed by atoms with Crippen molar-refractivity contribution in [2.45, 2.75) is 44.8 Å². The molecule has 1 aromatic rings. The molecule has 0 bridgehead atoms. The maximum absolute atomic E-state index is 12.4. The Morgan fingerprint density at radius 1 is 1.35 bits per heavy atom. The molecule has 0 saturated carbocycles. The highest BCUT2D eigenvalue weighted by Gasteiger charge is 2.19. The van der Waals surface area contributed by atoms with Crippen LogP contribution in [0.2, 0.25) is 0 Å². The van der Waals surface area contributed by atoms with Gasteiger partial charge < -0.3 is 20.7 Å². The molecule has 6 nitrogen and oxygen atoms in total. The van der Waals surface area contributed by atoms with Gasteiger partial charge in [0.15, 0.2) is 5.96 Å². The topological polar surface area (TPSA) is 80.0 Å². The number of aliphatic imine (C=N–C) groups is 1. The summed E-state index contributed by atoms with van der Waals surface area (Å²) in [7, 11) is 0. The SMILES string of the molecule is I.NC(=NCC1CCCO1)NCCCC(=O)N1CCc2ccccc2C1. The highest BCUT2D eigenvalue weighted by molar-refractivity contribution is 14.0. The summed E-state index contributed by atoms with van der Waals surface area (Å²) in [4.78, 5) is 18.6. The zero-order valence-corrected chi connectivity index (χ0v) is 17.5. The largest absolute Gasteiger partial charge is 0.376 e. The van der Waals surface area contributed by atoms with Crippen LogP contribution in [0, 0.1) is 0 Å². The molecule has 0 radical (unpaired) electrons. The third kappa shape index (κ3) is 6.12. The van der Waals surface area contributed by atoms with Crippen LogP contribution in [0.1, 0.15) is 36.8 Å². The zero-order valence-electron chi connectivity index (χ0n) is 15.2. The maximum Gasteiger partial charge on any atom is 0.222 e. The van der Waals surface area contributed by atoms with Gasteiger partial charge in [0.1, 0.15) is 0 Å². The second-order valence-electron chi connectivity index (χ2n) is 6.73. The first-order valence-electron chi connectivity index (χ1n) is 9.22. The van der Waals surface area contributed by atoms with Crippen LogP contribution in [0.25, 0.3) is 0 Å². The number of amides is 1. The lowest BCUT2D eigenvalue weighted by Crippen LogP contribution is -2.37. The number of guanidine groups is 1. The fourth-order valence-corrected chi connectivity index (χ4v) is 3.37. The molecule has 1 aromatic carbocycles. The van der Waals surface area contributed by atoms with Gasteiger partial charge in [-0.2, -0.15) is 0 Å². The minimum Gasteiger partial charge on any atom is -0.376 e. The number of carbonyl (C=O) groups excluding carboxylic acids is 1. The minimum absolute atomic E-state index is 0. The van der Waals surface area contributed by atoms with Crippen LogP contribution in [0.3, 0.4) is 0 Å². The summed E-state index contributed by atoms with van der Waals surface area (Å²) in [5.74, 6) is 0.654. The number of carbonyl (C=O) groups is 1. The number of rotatable bonds is 6. The Hall–Kier alpha value is -1.35. The van der Waals surface area contributed by atoms with Crippen molar-refractivity contribution in [2.24, 2.45) is 10.7 Å². The van der Waals surface area contributed by atoms with Crippen LogP contribution in [0.4, 0.5) is 0 Å². The molecular weight excluding hydrogens is 443 g/mol. The van der Waals surface area contributed by atoms with E-state index in [0.717, 1.165) is 45.4 Å². The molecule has 2 aliphatic heterocycles. The van der Waals surface area contributed by atoms with Gasteiger partial charge in [-0.15, -0.1) is 24.0 Å². The quantitative estimate of drug-likeness (QED) is 0.288. The van der Waals surface area contributed by atoms with Gasteiger partial charge in [0, 0.05) is 32.7 Å². The molecule has 2 heterocycles. The van der Waals surface area contributed by atoms with Crippen molar-refractivity contribution in [3.05, 3.63) is 35.4 Å². The normalized spacial score (nSPS) is 19.6. The minimum atomic E-state index is 0. The summed E-state index contributed by atoms with van der Waals surface area (Å²) >= 11 is 0. The first-order valence-corrected chi connectivity index (χ1v) is 9.22. The second kappa shape index (κ2) is 10.7. The van der Waals surface area contributed by atoms with Crippen molar-refractivity contribution >= 4 is 35.8 Å². The molecule has 144 valence electrons. The van der Waals surface area contributed by atoms with Crippen molar-refractivity contribution < 1.29 is 9.53 Å². The predicted molar refractivity (Wildman–Crippen MR) is 114 cm³/mol. The van der Waals surface area contributed by atoms with E-state index >= 15 is 0 Å². The highest BCUT2D eigenvalue weighted by atomic mass is 127. The molecule has 1 saturated heterocycles. The van der Waals surface area contributed by atoms with Gasteiger partial charge in [0.25, 0.3) is 0 Å². The van der Waals surface area contributed by atoms with Crippen LogP contribution in [-0.4, -0.2) is 49.1 Å². The third-order valence-electron chi connectivity index (χ3n) is 4.85. The van der Waals surface area contributed by atoms with Crippen molar-refractivity contribution in [2.75, 3.05) is 26.2 Å². The molecular formula is C19H29IN4O2. The van der Waals surface area contributed by atoms with Gasteiger partial charge in [-0.25, -0.2) is 0 Å². The van der Waals surface area contributed by atoms with E-state index in [2.05, 4.69) is 28.5 Å². The number of ether oxygens (including phenoxy) is 1. The molecule has 1 fully saturated rings. The summed E-state index contributed by atoms with van der Waals surface area (Å²) in [5.41, 5.74) is 8.49. The molecule has 0 aromatic heterocycles. The molecule has 2 aliphatic rings. The van der Waals surface area contributed by atoms with Crippen LogP contribution in [-0.2, 0) is 22.5 Å². The molecule has 1 atom stereocenters. The molecule has 0 spiro atoms. The standard InChI is InChI=1S/C19H28N4O2.HI/c20-19(22-13-17-7-4-12-25-17)21-10-3-8-18(24)23-11-9-15-5-1-2-6-16(15)14-23;/h1-2,5-6,17H,3-4,7-14H2,(H3,20,21,22);1H. The van der Waals surface area contributed by atoms with Crippen LogP contribution in [0.5, 0.6) is 0 Å². The third-order valence-corrected chi connectivity index (χ3v) is 4.85. The number of nitrogens with zero attached hydrogens (tertiary/aromatic N) is 2. The summed E-state index contributed by atoms with van der Waals surface area (Å²) in [6, 6.07) is 8.36. The molecule has 3 N–H and O–H groups in total. The first-order chi connectivity index (χ1) is 12.2. The Morgan fingerprint density at radius 2 is 2.15 bits per heavy atom. The number of nitrogens with two attached hydrogens (primary N) is 1. The van der Waals surface area contributed by atoms with Gasteiger partial charge in [0.05, 0.1) is 12.6 Å². The number of fused-ring (bicyclic) bond motifs is 1. The lowest BCUT2D eigenvalue weighted by Gasteiger charge is -2.29. The van der Waals surface area contributed by atoms with E-state index in [4.69, 9.17) is 10.5 Å². The Labute approximate surface area is 172 Å².